The Morgan fingerprint density at radius 1 is 1.26 bits per heavy atom. The van der Waals surface area contributed by atoms with E-state index in [1.165, 1.54) is 0 Å². The monoisotopic (exact) mass is 366 g/mol. The second kappa shape index (κ2) is 7.62. The molecule has 0 unspecified atom stereocenters. The van der Waals surface area contributed by atoms with Gasteiger partial charge >= 0.3 is 0 Å². The van der Waals surface area contributed by atoms with Gasteiger partial charge in [-0.1, -0.05) is 6.07 Å². The Hall–Kier alpha value is -2.51. The van der Waals surface area contributed by atoms with Crippen LogP contribution in [0.3, 0.4) is 0 Å². The van der Waals surface area contributed by atoms with Gasteiger partial charge in [-0.2, -0.15) is 5.10 Å². The first-order valence-corrected chi connectivity index (χ1v) is 9.52. The Morgan fingerprint density at radius 2 is 2.07 bits per heavy atom. The molecule has 0 saturated carbocycles. The van der Waals surface area contributed by atoms with Crippen LogP contribution in [0, 0.1) is 6.92 Å². The summed E-state index contributed by atoms with van der Waals surface area (Å²) in [6.07, 6.45) is 3.88. The maximum Gasteiger partial charge on any atom is 0.251 e. The first kappa shape index (κ1) is 17.9. The van der Waals surface area contributed by atoms with Crippen molar-refractivity contribution in [3.8, 4) is 0 Å². The Balaban J connectivity index is 1.66. The summed E-state index contributed by atoms with van der Waals surface area (Å²) in [5, 5.41) is 8.16. The van der Waals surface area contributed by atoms with Gasteiger partial charge in [-0.05, 0) is 52.0 Å². The van der Waals surface area contributed by atoms with Crippen molar-refractivity contribution in [2.24, 2.45) is 0 Å². The minimum Gasteiger partial charge on any atom is -0.317 e. The zero-order valence-corrected chi connectivity index (χ0v) is 15.9. The van der Waals surface area contributed by atoms with Crippen molar-refractivity contribution in [3.05, 3.63) is 63.5 Å². The molecule has 0 bridgehead atoms. The van der Waals surface area contributed by atoms with Crippen LogP contribution >= 0.6 is 0 Å². The molecule has 0 aliphatic carbocycles. The summed E-state index contributed by atoms with van der Waals surface area (Å²) in [4.78, 5) is 22.0. The van der Waals surface area contributed by atoms with E-state index in [1.54, 1.807) is 6.07 Å². The number of nitrogens with zero attached hydrogens (tertiary/aromatic N) is 4. The molecule has 7 heteroatoms. The summed E-state index contributed by atoms with van der Waals surface area (Å²) in [7, 11) is 2.06. The van der Waals surface area contributed by atoms with Crippen LogP contribution in [0.5, 0.6) is 0 Å². The predicted octanol–water partition coefficient (Wildman–Crippen LogP) is 1.83. The molecule has 27 heavy (non-hydrogen) atoms. The lowest BCUT2D eigenvalue weighted by Crippen LogP contribution is -2.28. The maximum atomic E-state index is 12.3. The molecule has 142 valence electrons. The first-order valence-electron chi connectivity index (χ1n) is 9.52. The summed E-state index contributed by atoms with van der Waals surface area (Å²) in [6, 6.07) is 7.67. The zero-order chi connectivity index (χ0) is 18.8. The van der Waals surface area contributed by atoms with Gasteiger partial charge in [0.1, 0.15) is 5.65 Å². The van der Waals surface area contributed by atoms with E-state index in [0.29, 0.717) is 12.5 Å². The van der Waals surface area contributed by atoms with Crippen molar-refractivity contribution in [2.75, 3.05) is 20.1 Å². The third-order valence-corrected chi connectivity index (χ3v) is 5.29. The summed E-state index contributed by atoms with van der Waals surface area (Å²) in [5.41, 5.74) is 4.85. The van der Waals surface area contributed by atoms with E-state index in [4.69, 9.17) is 5.10 Å². The van der Waals surface area contributed by atoms with Crippen LogP contribution in [-0.2, 0) is 13.1 Å². The molecule has 0 radical (unpaired) electrons. The van der Waals surface area contributed by atoms with Crippen LogP contribution < -0.4 is 10.9 Å². The molecule has 7 nitrogen and oxygen atoms in total. The lowest BCUT2D eigenvalue weighted by atomic mass is 9.94. The number of nitrogens with one attached hydrogen (secondary N) is 2. The maximum absolute atomic E-state index is 12.3. The molecule has 1 saturated heterocycles. The highest BCUT2D eigenvalue weighted by molar-refractivity contribution is 5.50. The summed E-state index contributed by atoms with van der Waals surface area (Å²) < 4.78 is 1.96. The van der Waals surface area contributed by atoms with Gasteiger partial charge in [0.2, 0.25) is 0 Å². The van der Waals surface area contributed by atoms with E-state index in [1.807, 2.05) is 35.8 Å². The highest BCUT2D eigenvalue weighted by atomic mass is 16.1. The number of hydrogen-bond donors (Lipinski definition) is 2. The molecule has 4 heterocycles. The second-order valence-corrected chi connectivity index (χ2v) is 7.40. The number of piperidine rings is 1. The molecule has 0 spiro atoms. The summed E-state index contributed by atoms with van der Waals surface area (Å²) in [6.45, 7) is 5.44. The Bertz CT molecular complexity index is 971. The molecular weight excluding hydrogens is 340 g/mol. The quantitative estimate of drug-likeness (QED) is 0.720. The van der Waals surface area contributed by atoms with Gasteiger partial charge in [0.05, 0.1) is 17.1 Å². The molecule has 1 aliphatic rings. The molecule has 0 aromatic carbocycles. The molecule has 0 amide bonds. The van der Waals surface area contributed by atoms with Crippen molar-refractivity contribution in [3.63, 3.8) is 0 Å². The number of hydrogen-bond acceptors (Lipinski definition) is 5. The fourth-order valence-electron chi connectivity index (χ4n) is 3.91. The van der Waals surface area contributed by atoms with E-state index in [0.717, 1.165) is 60.8 Å². The van der Waals surface area contributed by atoms with Crippen molar-refractivity contribution in [1.82, 2.24) is 29.8 Å². The van der Waals surface area contributed by atoms with Crippen molar-refractivity contribution >= 4 is 5.65 Å². The van der Waals surface area contributed by atoms with Crippen LogP contribution in [0.15, 0.2) is 35.3 Å². The van der Waals surface area contributed by atoms with Gasteiger partial charge in [-0.25, -0.2) is 4.52 Å². The van der Waals surface area contributed by atoms with E-state index in [2.05, 4.69) is 27.2 Å². The van der Waals surface area contributed by atoms with Gasteiger partial charge in [-0.15, -0.1) is 0 Å². The second-order valence-electron chi connectivity index (χ2n) is 7.40. The number of H-pyrrole nitrogens is 1. The van der Waals surface area contributed by atoms with E-state index in [9.17, 15) is 4.79 Å². The largest absolute Gasteiger partial charge is 0.317 e. The Labute approximate surface area is 158 Å². The van der Waals surface area contributed by atoms with Crippen LogP contribution in [-0.4, -0.2) is 44.6 Å². The normalized spacial score (nSPS) is 15.7. The molecular formula is C20H26N6O. The topological polar surface area (TPSA) is 78.3 Å². The van der Waals surface area contributed by atoms with Crippen molar-refractivity contribution in [1.29, 1.82) is 0 Å². The van der Waals surface area contributed by atoms with Crippen LogP contribution in [0.25, 0.3) is 5.65 Å². The highest BCUT2D eigenvalue weighted by Crippen LogP contribution is 2.26. The average Bonchev–Trinajstić information content (AvgIpc) is 2.98. The van der Waals surface area contributed by atoms with Gasteiger partial charge in [0.15, 0.2) is 0 Å². The molecule has 2 N–H and O–H groups in total. The SMILES string of the molecule is Cc1nn2c(C3CCNCC3)cc(=O)[nH]c2c1CN(C)Cc1ccccn1. The van der Waals surface area contributed by atoms with Crippen molar-refractivity contribution < 1.29 is 0 Å². The summed E-state index contributed by atoms with van der Waals surface area (Å²) in [5.74, 6) is 0.370. The number of rotatable bonds is 5. The van der Waals surface area contributed by atoms with Crippen LogP contribution in [0.2, 0.25) is 0 Å². The first-order chi connectivity index (χ1) is 13.1. The van der Waals surface area contributed by atoms with Crippen LogP contribution in [0.4, 0.5) is 0 Å². The predicted molar refractivity (Wildman–Crippen MR) is 105 cm³/mol. The number of aryl methyl sites for hydroxylation is 1. The summed E-state index contributed by atoms with van der Waals surface area (Å²) >= 11 is 0. The smallest absolute Gasteiger partial charge is 0.251 e. The molecule has 4 rings (SSSR count). The number of fused-ring (bicyclic) bond motifs is 1. The van der Waals surface area contributed by atoms with Gasteiger partial charge < -0.3 is 10.3 Å². The van der Waals surface area contributed by atoms with Gasteiger partial charge in [0, 0.05) is 36.8 Å². The number of aromatic amines is 1. The molecule has 3 aromatic heterocycles. The third-order valence-electron chi connectivity index (χ3n) is 5.29. The average molecular weight is 366 g/mol. The molecule has 3 aromatic rings. The van der Waals surface area contributed by atoms with E-state index >= 15 is 0 Å². The lowest BCUT2D eigenvalue weighted by Gasteiger charge is -2.23. The van der Waals surface area contributed by atoms with Crippen LogP contribution in [0.1, 0.15) is 41.4 Å². The Morgan fingerprint density at radius 3 is 2.81 bits per heavy atom. The minimum atomic E-state index is -0.0513. The third kappa shape index (κ3) is 3.79. The highest BCUT2D eigenvalue weighted by Gasteiger charge is 2.22. The number of aromatic nitrogens is 4. The standard InChI is InChI=1S/C20H26N6O/c1-14-17(13-25(2)12-16-5-3-4-8-22-16)20-23-19(27)11-18(26(20)24-14)15-6-9-21-10-7-15/h3-5,8,11,15,21H,6-7,9-10,12-13H2,1-2H3,(H,23,27). The Kier molecular flexibility index (Phi) is 5.05. The fraction of sp³-hybridized carbons (Fsp3) is 0.450. The lowest BCUT2D eigenvalue weighted by molar-refractivity contribution is 0.315. The molecule has 1 aliphatic heterocycles. The molecule has 0 atom stereocenters. The van der Waals surface area contributed by atoms with E-state index in [-0.39, 0.29) is 5.56 Å². The van der Waals surface area contributed by atoms with Gasteiger partial charge in [0.25, 0.3) is 5.56 Å². The number of pyridine rings is 1. The van der Waals surface area contributed by atoms with Crippen molar-refractivity contribution in [2.45, 2.75) is 38.8 Å². The van der Waals surface area contributed by atoms with Gasteiger partial charge in [-0.3, -0.25) is 14.7 Å². The fourth-order valence-corrected chi connectivity index (χ4v) is 3.91. The van der Waals surface area contributed by atoms with E-state index < -0.39 is 0 Å². The zero-order valence-electron chi connectivity index (χ0n) is 15.9. The minimum absolute atomic E-state index is 0.0513. The molecule has 1 fully saturated rings.